The smallest absolute Gasteiger partial charge is 0.265 e. The molecule has 2 N–H and O–H groups in total. The van der Waals surface area contributed by atoms with Crippen LogP contribution < -0.4 is 4.72 Å². The summed E-state index contributed by atoms with van der Waals surface area (Å²) in [6.45, 7) is 3.34. The third-order valence-corrected chi connectivity index (χ3v) is 5.57. The van der Waals surface area contributed by atoms with Gasteiger partial charge in [-0.15, -0.1) is 0 Å². The van der Waals surface area contributed by atoms with Gasteiger partial charge in [0.15, 0.2) is 0 Å². The second-order valence-corrected chi connectivity index (χ2v) is 7.60. The van der Waals surface area contributed by atoms with Crippen LogP contribution >= 0.6 is 11.6 Å². The zero-order valence-electron chi connectivity index (χ0n) is 13.6. The van der Waals surface area contributed by atoms with Crippen LogP contribution in [0.2, 0.25) is 5.02 Å². The molecule has 0 aliphatic carbocycles. The summed E-state index contributed by atoms with van der Waals surface area (Å²) < 4.78 is 29.6. The van der Waals surface area contributed by atoms with E-state index >= 15 is 0 Å². The molecule has 0 saturated carbocycles. The quantitative estimate of drug-likeness (QED) is 0.680. The van der Waals surface area contributed by atoms with Crippen molar-refractivity contribution < 1.29 is 13.5 Å². The molecule has 1 aromatic heterocycles. The molecule has 0 saturated heterocycles. The van der Waals surface area contributed by atoms with Gasteiger partial charge in [0.25, 0.3) is 10.0 Å². The Morgan fingerprint density at radius 2 is 1.64 bits per heavy atom. The number of halogens is 1. The average molecular weight is 378 g/mol. The third kappa shape index (κ3) is 3.47. The predicted molar refractivity (Wildman–Crippen MR) is 97.0 cm³/mol. The van der Waals surface area contributed by atoms with Crippen LogP contribution in [-0.2, 0) is 10.0 Å². The number of hydrogen-bond acceptors (Lipinski definition) is 4. The van der Waals surface area contributed by atoms with Crippen LogP contribution in [0.5, 0.6) is 5.75 Å². The largest absolute Gasteiger partial charge is 0.508 e. The Bertz CT molecular complexity index is 1010. The fourth-order valence-electron chi connectivity index (χ4n) is 2.59. The number of rotatable bonds is 4. The van der Waals surface area contributed by atoms with Gasteiger partial charge in [-0.3, -0.25) is 4.72 Å². The minimum atomic E-state index is -3.82. The van der Waals surface area contributed by atoms with E-state index < -0.39 is 10.0 Å². The fraction of sp³-hybridized carbons (Fsp3) is 0.118. The van der Waals surface area contributed by atoms with Crippen LogP contribution in [0.25, 0.3) is 5.69 Å². The van der Waals surface area contributed by atoms with Crippen molar-refractivity contribution in [2.75, 3.05) is 4.72 Å². The predicted octanol–water partition coefficient (Wildman–Crippen LogP) is 3.65. The van der Waals surface area contributed by atoms with E-state index in [-0.39, 0.29) is 10.6 Å². The van der Waals surface area contributed by atoms with Crippen molar-refractivity contribution in [3.63, 3.8) is 0 Å². The molecule has 0 unspecified atom stereocenters. The van der Waals surface area contributed by atoms with E-state index in [1.807, 2.05) is 0 Å². The van der Waals surface area contributed by atoms with Crippen LogP contribution in [0, 0.1) is 13.8 Å². The second kappa shape index (κ2) is 6.42. The first-order valence-corrected chi connectivity index (χ1v) is 9.28. The van der Waals surface area contributed by atoms with Crippen molar-refractivity contribution in [2.45, 2.75) is 18.7 Å². The Labute approximate surface area is 150 Å². The molecule has 0 fully saturated rings. The summed E-state index contributed by atoms with van der Waals surface area (Å²) in [5.74, 6) is 0.0610. The first kappa shape index (κ1) is 17.3. The van der Waals surface area contributed by atoms with Crippen molar-refractivity contribution in [2.24, 2.45) is 0 Å². The summed E-state index contributed by atoms with van der Waals surface area (Å²) >= 11 is 5.90. The number of anilines is 1. The summed E-state index contributed by atoms with van der Waals surface area (Å²) in [6.07, 6.45) is 0. The van der Waals surface area contributed by atoms with E-state index in [1.165, 1.54) is 24.3 Å². The molecule has 8 heteroatoms. The Morgan fingerprint density at radius 1 is 1.04 bits per heavy atom. The minimum Gasteiger partial charge on any atom is -0.508 e. The van der Waals surface area contributed by atoms with Crippen LogP contribution in [0.3, 0.4) is 0 Å². The highest BCUT2D eigenvalue weighted by molar-refractivity contribution is 7.92. The highest BCUT2D eigenvalue weighted by Gasteiger charge is 2.25. The molecule has 0 atom stereocenters. The molecular weight excluding hydrogens is 362 g/mol. The highest BCUT2D eigenvalue weighted by atomic mass is 35.5. The minimum absolute atomic E-state index is 0.0610. The topological polar surface area (TPSA) is 84.2 Å². The van der Waals surface area contributed by atoms with Gasteiger partial charge in [0.2, 0.25) is 0 Å². The molecule has 3 aromatic rings. The number of benzene rings is 2. The average Bonchev–Trinajstić information content (AvgIpc) is 2.85. The molecule has 0 aliphatic heterocycles. The van der Waals surface area contributed by atoms with Crippen LogP contribution in [-0.4, -0.2) is 23.3 Å². The van der Waals surface area contributed by atoms with Crippen molar-refractivity contribution in [3.8, 4) is 11.4 Å². The fourth-order valence-corrected chi connectivity index (χ4v) is 4.17. The van der Waals surface area contributed by atoms with Crippen molar-refractivity contribution >= 4 is 27.3 Å². The van der Waals surface area contributed by atoms with E-state index in [9.17, 15) is 13.5 Å². The molecule has 25 heavy (non-hydrogen) atoms. The van der Waals surface area contributed by atoms with Gasteiger partial charge in [0, 0.05) is 10.7 Å². The molecule has 3 rings (SSSR count). The van der Waals surface area contributed by atoms with Gasteiger partial charge >= 0.3 is 0 Å². The maximum Gasteiger partial charge on any atom is 0.265 e. The van der Waals surface area contributed by atoms with E-state index in [4.69, 9.17) is 11.6 Å². The van der Waals surface area contributed by atoms with Gasteiger partial charge in [-0.2, -0.15) is 5.10 Å². The summed E-state index contributed by atoms with van der Waals surface area (Å²) in [5.41, 5.74) is 1.96. The Kier molecular flexibility index (Phi) is 4.45. The van der Waals surface area contributed by atoms with Gasteiger partial charge in [-0.25, -0.2) is 13.1 Å². The number of nitrogens with one attached hydrogen (secondary N) is 1. The molecule has 0 bridgehead atoms. The van der Waals surface area contributed by atoms with Gasteiger partial charge in [0.1, 0.15) is 10.6 Å². The molecule has 1 heterocycles. The molecule has 2 aromatic carbocycles. The maximum absolute atomic E-state index is 12.8. The lowest BCUT2D eigenvalue weighted by molar-refractivity contribution is 0.475. The normalized spacial score (nSPS) is 11.5. The number of nitrogens with zero attached hydrogens (tertiary/aromatic N) is 2. The number of phenolic OH excluding ortho intramolecular Hbond substituents is 1. The Morgan fingerprint density at radius 3 is 2.24 bits per heavy atom. The summed E-state index contributed by atoms with van der Waals surface area (Å²) in [4.78, 5) is 0.121. The monoisotopic (exact) mass is 377 g/mol. The zero-order valence-corrected chi connectivity index (χ0v) is 15.1. The summed E-state index contributed by atoms with van der Waals surface area (Å²) in [6, 6.07) is 12.8. The van der Waals surface area contributed by atoms with Crippen LogP contribution in [0.1, 0.15) is 11.4 Å². The van der Waals surface area contributed by atoms with Crippen LogP contribution in [0.15, 0.2) is 53.4 Å². The first-order valence-electron chi connectivity index (χ1n) is 7.42. The molecular formula is C17H16ClN3O3S. The number of hydrogen-bond donors (Lipinski definition) is 2. The van der Waals surface area contributed by atoms with Gasteiger partial charge in [-0.1, -0.05) is 11.6 Å². The molecule has 130 valence electrons. The van der Waals surface area contributed by atoms with Crippen molar-refractivity contribution in [1.29, 1.82) is 0 Å². The van der Waals surface area contributed by atoms with Crippen LogP contribution in [0.4, 0.5) is 5.69 Å². The SMILES string of the molecule is Cc1nn(-c2ccc(Cl)cc2)c(C)c1S(=O)(=O)Nc1ccc(O)cc1. The van der Waals surface area contributed by atoms with Crippen molar-refractivity contribution in [3.05, 3.63) is 64.9 Å². The van der Waals surface area contributed by atoms with E-state index in [1.54, 1.807) is 42.8 Å². The molecule has 0 spiro atoms. The lowest BCUT2D eigenvalue weighted by Crippen LogP contribution is -2.14. The number of phenols is 1. The number of aryl methyl sites for hydroxylation is 1. The molecule has 6 nitrogen and oxygen atoms in total. The van der Waals surface area contributed by atoms with Gasteiger partial charge in [-0.05, 0) is 62.4 Å². The lowest BCUT2D eigenvalue weighted by atomic mass is 10.3. The maximum atomic E-state index is 12.8. The van der Waals surface area contributed by atoms with E-state index in [2.05, 4.69) is 9.82 Å². The number of sulfonamides is 1. The standard InChI is InChI=1S/C17H16ClN3O3S/c1-11-17(25(23,24)20-14-5-9-16(22)10-6-14)12(2)21(19-11)15-7-3-13(18)4-8-15/h3-10,20,22H,1-2H3. The number of aromatic hydroxyl groups is 1. The molecule has 0 aliphatic rings. The number of aromatic nitrogens is 2. The van der Waals surface area contributed by atoms with Gasteiger partial charge in [0.05, 0.1) is 17.1 Å². The first-order chi connectivity index (χ1) is 11.8. The van der Waals surface area contributed by atoms with E-state index in [0.717, 1.165) is 5.69 Å². The summed E-state index contributed by atoms with van der Waals surface area (Å²) in [7, 11) is -3.82. The Balaban J connectivity index is 2.02. The van der Waals surface area contributed by atoms with Crippen molar-refractivity contribution in [1.82, 2.24) is 9.78 Å². The third-order valence-electron chi connectivity index (χ3n) is 3.68. The molecule has 0 radical (unpaired) electrons. The second-order valence-electron chi connectivity index (χ2n) is 5.54. The highest BCUT2D eigenvalue weighted by Crippen LogP contribution is 2.26. The zero-order chi connectivity index (χ0) is 18.2. The molecule has 0 amide bonds. The summed E-state index contributed by atoms with van der Waals surface area (Å²) in [5, 5.41) is 14.2. The lowest BCUT2D eigenvalue weighted by Gasteiger charge is -2.09. The van der Waals surface area contributed by atoms with Gasteiger partial charge < -0.3 is 5.11 Å². The Hall–Kier alpha value is -2.51. The van der Waals surface area contributed by atoms with E-state index in [0.29, 0.717) is 22.1 Å².